The molecule has 2 aromatic rings. The average molecular weight is 456 g/mol. The van der Waals surface area contributed by atoms with Crippen LogP contribution in [0.2, 0.25) is 0 Å². The van der Waals surface area contributed by atoms with E-state index in [4.69, 9.17) is 18.9 Å². The van der Waals surface area contributed by atoms with E-state index in [1.54, 1.807) is 30.6 Å². The smallest absolute Gasteiger partial charge is 0.345 e. The predicted octanol–water partition coefficient (Wildman–Crippen LogP) is 3.02. The van der Waals surface area contributed by atoms with E-state index in [-0.39, 0.29) is 28.7 Å². The van der Waals surface area contributed by atoms with Crippen LogP contribution in [0.4, 0.5) is 0 Å². The fourth-order valence-electron chi connectivity index (χ4n) is 7.44. The van der Waals surface area contributed by atoms with E-state index in [1.165, 1.54) is 0 Å². The number of hydrogen-bond acceptors (Lipinski definition) is 8. The summed E-state index contributed by atoms with van der Waals surface area (Å²) in [5.74, 6) is 0.0891. The first-order valence-corrected chi connectivity index (χ1v) is 11.6. The van der Waals surface area contributed by atoms with Crippen LogP contribution in [0.25, 0.3) is 11.3 Å². The molecule has 4 aliphatic rings. The van der Waals surface area contributed by atoms with Gasteiger partial charge in [-0.05, 0) is 49.7 Å². The third kappa shape index (κ3) is 2.72. The normalized spacial score (nSPS) is 43.6. The maximum atomic E-state index is 13.1. The average Bonchev–Trinajstić information content (AvgIpc) is 3.17. The van der Waals surface area contributed by atoms with Gasteiger partial charge in [-0.25, -0.2) is 14.6 Å². The standard InChI is InChI=1S/C25H29NO7/c1-23-7-6-18-24(2,12-30-33-18)16(23)10-17(27)25(3)21(23)20(28)19-15(32-25)9-14(31-22(19)29)13-5-4-8-26-11-13/h4-5,8-9,11,16-18,20-21,27-28H,6-7,10,12H2,1-3H3/t16?,17-,18-,20-,21?,23-,24-,25+/m0/s1. The summed E-state index contributed by atoms with van der Waals surface area (Å²) in [5.41, 5.74) is -1.64. The lowest BCUT2D eigenvalue weighted by atomic mass is 9.43. The van der Waals surface area contributed by atoms with Crippen molar-refractivity contribution < 1.29 is 29.1 Å². The van der Waals surface area contributed by atoms with Crippen molar-refractivity contribution in [3.05, 3.63) is 46.6 Å². The van der Waals surface area contributed by atoms with Crippen molar-refractivity contribution >= 4 is 0 Å². The third-order valence-corrected chi connectivity index (χ3v) is 9.11. The highest BCUT2D eigenvalue weighted by molar-refractivity contribution is 5.59. The minimum atomic E-state index is -1.14. The fraction of sp³-hybridized carbons (Fsp3) is 0.600. The molecule has 2 unspecified atom stereocenters. The molecule has 8 nitrogen and oxygen atoms in total. The van der Waals surface area contributed by atoms with E-state index >= 15 is 0 Å². The van der Waals surface area contributed by atoms with Gasteiger partial charge < -0.3 is 19.4 Å². The Hall–Kier alpha value is -2.26. The van der Waals surface area contributed by atoms with Crippen molar-refractivity contribution in [3.63, 3.8) is 0 Å². The second-order valence-corrected chi connectivity index (χ2v) is 10.8. The highest BCUT2D eigenvalue weighted by atomic mass is 17.2. The molecule has 2 saturated carbocycles. The number of aliphatic hydroxyl groups excluding tert-OH is 2. The Morgan fingerprint density at radius 3 is 2.76 bits per heavy atom. The Morgan fingerprint density at radius 2 is 2.00 bits per heavy atom. The molecule has 2 N–H and O–H groups in total. The largest absolute Gasteiger partial charge is 0.484 e. The Morgan fingerprint density at radius 1 is 1.18 bits per heavy atom. The summed E-state index contributed by atoms with van der Waals surface area (Å²) in [6.45, 7) is 6.58. The molecule has 0 amide bonds. The van der Waals surface area contributed by atoms with Gasteiger partial charge in [-0.15, -0.1) is 0 Å². The molecule has 8 heteroatoms. The minimum absolute atomic E-state index is 0.0285. The molecule has 4 heterocycles. The molecule has 0 spiro atoms. The summed E-state index contributed by atoms with van der Waals surface area (Å²) < 4.78 is 12.0. The molecule has 3 fully saturated rings. The molecule has 0 radical (unpaired) electrons. The summed E-state index contributed by atoms with van der Waals surface area (Å²) >= 11 is 0. The van der Waals surface area contributed by atoms with Crippen LogP contribution in [0.3, 0.4) is 0 Å². The zero-order valence-electron chi connectivity index (χ0n) is 19.0. The van der Waals surface area contributed by atoms with Gasteiger partial charge in [0.15, 0.2) is 0 Å². The summed E-state index contributed by atoms with van der Waals surface area (Å²) in [6.07, 6.45) is 3.26. The van der Waals surface area contributed by atoms with Crippen LogP contribution in [-0.4, -0.2) is 39.6 Å². The van der Waals surface area contributed by atoms with Crippen molar-refractivity contribution in [2.75, 3.05) is 6.61 Å². The second-order valence-electron chi connectivity index (χ2n) is 10.8. The third-order valence-electron chi connectivity index (χ3n) is 9.11. The van der Waals surface area contributed by atoms with Crippen LogP contribution in [-0.2, 0) is 9.78 Å². The molecule has 176 valence electrons. The minimum Gasteiger partial charge on any atom is -0.484 e. The molecular formula is C25H29NO7. The lowest BCUT2D eigenvalue weighted by molar-refractivity contribution is -0.287. The SMILES string of the molecule is C[C@]12CC[C@@H]3OOC[C@@]3(C)C1C[C@H](O)[C@@]1(C)Oc3cc(-c4cccnc4)oc(=O)c3[C@H](O)C21. The van der Waals surface area contributed by atoms with E-state index in [0.717, 1.165) is 12.8 Å². The number of aromatic nitrogens is 1. The first-order chi connectivity index (χ1) is 15.7. The molecule has 0 aromatic carbocycles. The van der Waals surface area contributed by atoms with Gasteiger partial charge in [-0.2, -0.15) is 0 Å². The topological polar surface area (TPSA) is 111 Å². The van der Waals surface area contributed by atoms with Crippen LogP contribution in [0.15, 0.2) is 39.8 Å². The van der Waals surface area contributed by atoms with E-state index in [0.29, 0.717) is 24.4 Å². The Kier molecular flexibility index (Phi) is 4.44. The van der Waals surface area contributed by atoms with Crippen molar-refractivity contribution in [2.45, 2.75) is 63.9 Å². The van der Waals surface area contributed by atoms with Crippen molar-refractivity contribution in [1.29, 1.82) is 0 Å². The summed E-state index contributed by atoms with van der Waals surface area (Å²) in [7, 11) is 0. The highest BCUT2D eigenvalue weighted by Crippen LogP contribution is 2.67. The van der Waals surface area contributed by atoms with Gasteiger partial charge in [-0.3, -0.25) is 4.98 Å². The van der Waals surface area contributed by atoms with Crippen LogP contribution >= 0.6 is 0 Å². The second kappa shape index (κ2) is 6.88. The first kappa shape index (κ1) is 21.3. The fourth-order valence-corrected chi connectivity index (χ4v) is 7.44. The predicted molar refractivity (Wildman–Crippen MR) is 116 cm³/mol. The maximum Gasteiger partial charge on any atom is 0.345 e. The number of aliphatic hydroxyl groups is 2. The van der Waals surface area contributed by atoms with Gasteiger partial charge in [0, 0.05) is 35.4 Å². The summed E-state index contributed by atoms with van der Waals surface area (Å²) in [6, 6.07) is 5.16. The number of hydrogen-bond donors (Lipinski definition) is 2. The summed E-state index contributed by atoms with van der Waals surface area (Å²) in [4.78, 5) is 28.2. The molecule has 2 aliphatic heterocycles. The first-order valence-electron chi connectivity index (χ1n) is 11.6. The Bertz CT molecular complexity index is 1150. The number of nitrogens with zero attached hydrogens (tertiary/aromatic N) is 1. The lowest BCUT2D eigenvalue weighted by Gasteiger charge is -2.65. The summed E-state index contributed by atoms with van der Waals surface area (Å²) in [5, 5.41) is 23.1. The molecule has 1 saturated heterocycles. The molecule has 0 bridgehead atoms. The zero-order chi connectivity index (χ0) is 23.2. The number of ether oxygens (including phenoxy) is 1. The lowest BCUT2D eigenvalue weighted by Crippen LogP contribution is -2.70. The van der Waals surface area contributed by atoms with Crippen LogP contribution in [0.1, 0.15) is 51.7 Å². The van der Waals surface area contributed by atoms with Crippen LogP contribution in [0.5, 0.6) is 5.75 Å². The Balaban J connectivity index is 1.48. The molecule has 33 heavy (non-hydrogen) atoms. The van der Waals surface area contributed by atoms with Gasteiger partial charge in [0.25, 0.3) is 0 Å². The van der Waals surface area contributed by atoms with Crippen molar-refractivity contribution in [3.8, 4) is 17.1 Å². The number of pyridine rings is 1. The number of fused-ring (bicyclic) bond motifs is 6. The quantitative estimate of drug-likeness (QED) is 0.632. The van der Waals surface area contributed by atoms with Gasteiger partial charge in [0.2, 0.25) is 0 Å². The molecule has 2 aliphatic carbocycles. The van der Waals surface area contributed by atoms with Crippen LogP contribution < -0.4 is 10.4 Å². The molecule has 8 atom stereocenters. The van der Waals surface area contributed by atoms with E-state index in [9.17, 15) is 15.0 Å². The number of rotatable bonds is 1. The molecular weight excluding hydrogens is 426 g/mol. The maximum absolute atomic E-state index is 13.1. The molecule has 2 aromatic heterocycles. The van der Waals surface area contributed by atoms with E-state index < -0.39 is 34.8 Å². The van der Waals surface area contributed by atoms with Crippen molar-refractivity contribution in [2.24, 2.45) is 22.7 Å². The van der Waals surface area contributed by atoms with Gasteiger partial charge in [0.1, 0.15) is 28.8 Å². The highest BCUT2D eigenvalue weighted by Gasteiger charge is 2.70. The van der Waals surface area contributed by atoms with Crippen LogP contribution in [0, 0.1) is 22.7 Å². The molecule has 6 rings (SSSR count). The van der Waals surface area contributed by atoms with Gasteiger partial charge >= 0.3 is 5.63 Å². The monoisotopic (exact) mass is 455 g/mol. The van der Waals surface area contributed by atoms with E-state index in [1.807, 2.05) is 6.92 Å². The zero-order valence-corrected chi connectivity index (χ0v) is 19.0. The Labute approximate surface area is 191 Å². The van der Waals surface area contributed by atoms with Gasteiger partial charge in [-0.1, -0.05) is 13.8 Å². The van der Waals surface area contributed by atoms with Gasteiger partial charge in [0.05, 0.1) is 18.8 Å². The van der Waals surface area contributed by atoms with Crippen molar-refractivity contribution in [1.82, 2.24) is 4.98 Å². The van der Waals surface area contributed by atoms with E-state index in [2.05, 4.69) is 18.8 Å².